The van der Waals surface area contributed by atoms with Crippen LogP contribution < -0.4 is 5.32 Å². The van der Waals surface area contributed by atoms with Gasteiger partial charge in [0, 0.05) is 44.8 Å². The largest absolute Gasteiger partial charge is 0.355 e. The van der Waals surface area contributed by atoms with Crippen molar-refractivity contribution in [3.63, 3.8) is 0 Å². The average molecular weight is 347 g/mol. The summed E-state index contributed by atoms with van der Waals surface area (Å²) in [4.78, 5) is 28.9. The monoisotopic (exact) mass is 347 g/mol. The van der Waals surface area contributed by atoms with Crippen molar-refractivity contribution in [1.82, 2.24) is 25.3 Å². The first kappa shape index (κ1) is 17.9. The minimum Gasteiger partial charge on any atom is -0.355 e. The highest BCUT2D eigenvalue weighted by molar-refractivity contribution is 5.82. The maximum atomic E-state index is 12.5. The Hall–Kier alpha value is -1.89. The Kier molecular flexibility index (Phi) is 5.73. The number of aryl methyl sites for hydroxylation is 2. The van der Waals surface area contributed by atoms with Crippen molar-refractivity contribution >= 4 is 11.8 Å². The standard InChI is InChI=1S/C18H29N5O2/c1-13-15(14(2)21-20-13)6-7-17(24)23-11-9-22(10-12-23)16-5-3-4-8-19-18(16)25/h16H,3-12H2,1-2H3,(H,19,25)(H,20,21). The van der Waals surface area contributed by atoms with Crippen LogP contribution in [0.3, 0.4) is 0 Å². The zero-order chi connectivity index (χ0) is 17.8. The number of H-pyrrole nitrogens is 1. The minimum absolute atomic E-state index is 0.0176. The molecule has 25 heavy (non-hydrogen) atoms. The van der Waals surface area contributed by atoms with Gasteiger partial charge in [-0.2, -0.15) is 5.10 Å². The van der Waals surface area contributed by atoms with E-state index in [1.807, 2.05) is 18.7 Å². The fraction of sp³-hybridized carbons (Fsp3) is 0.722. The molecule has 2 saturated heterocycles. The van der Waals surface area contributed by atoms with Gasteiger partial charge in [-0.25, -0.2) is 0 Å². The van der Waals surface area contributed by atoms with Crippen molar-refractivity contribution in [2.24, 2.45) is 0 Å². The number of nitrogens with one attached hydrogen (secondary N) is 2. The molecule has 0 bridgehead atoms. The van der Waals surface area contributed by atoms with Crippen LogP contribution in [0.1, 0.15) is 42.6 Å². The summed E-state index contributed by atoms with van der Waals surface area (Å²) in [6, 6.07) is -0.0176. The van der Waals surface area contributed by atoms with Crippen molar-refractivity contribution < 1.29 is 9.59 Å². The molecule has 1 aromatic rings. The van der Waals surface area contributed by atoms with Crippen LogP contribution in [0.15, 0.2) is 0 Å². The van der Waals surface area contributed by atoms with Crippen molar-refractivity contribution in [1.29, 1.82) is 0 Å². The van der Waals surface area contributed by atoms with Gasteiger partial charge in [0.25, 0.3) is 0 Å². The van der Waals surface area contributed by atoms with E-state index in [2.05, 4.69) is 20.4 Å². The van der Waals surface area contributed by atoms with Crippen LogP contribution in [0.25, 0.3) is 0 Å². The average Bonchev–Trinajstić information content (AvgIpc) is 2.80. The molecule has 2 aliphatic rings. The van der Waals surface area contributed by atoms with Crippen molar-refractivity contribution in [3.8, 4) is 0 Å². The topological polar surface area (TPSA) is 81.3 Å². The molecule has 2 amide bonds. The quantitative estimate of drug-likeness (QED) is 0.843. The zero-order valence-electron chi connectivity index (χ0n) is 15.3. The molecular weight excluding hydrogens is 318 g/mol. The van der Waals surface area contributed by atoms with Gasteiger partial charge in [0.05, 0.1) is 11.7 Å². The molecule has 1 atom stereocenters. The minimum atomic E-state index is -0.0176. The van der Waals surface area contributed by atoms with Crippen LogP contribution in [0.4, 0.5) is 0 Å². The molecule has 0 aromatic carbocycles. The SMILES string of the molecule is Cc1n[nH]c(C)c1CCC(=O)N1CCN(C2CCCCNC2=O)CC1. The van der Waals surface area contributed by atoms with Gasteiger partial charge in [-0.05, 0) is 45.1 Å². The number of aromatic nitrogens is 2. The molecule has 7 heteroatoms. The molecule has 2 fully saturated rings. The molecule has 0 radical (unpaired) electrons. The molecule has 1 unspecified atom stereocenters. The van der Waals surface area contributed by atoms with Gasteiger partial charge in [0.2, 0.25) is 11.8 Å². The summed E-state index contributed by atoms with van der Waals surface area (Å²) in [5.74, 6) is 0.355. The predicted molar refractivity (Wildman–Crippen MR) is 95.2 cm³/mol. The van der Waals surface area contributed by atoms with Gasteiger partial charge in [-0.15, -0.1) is 0 Å². The van der Waals surface area contributed by atoms with Gasteiger partial charge in [0.1, 0.15) is 0 Å². The summed E-state index contributed by atoms with van der Waals surface area (Å²) >= 11 is 0. The van der Waals surface area contributed by atoms with Crippen molar-refractivity contribution in [2.45, 2.75) is 52.0 Å². The number of aromatic amines is 1. The lowest BCUT2D eigenvalue weighted by atomic mass is 10.1. The summed E-state index contributed by atoms with van der Waals surface area (Å²) in [6.45, 7) is 7.76. The van der Waals surface area contributed by atoms with E-state index in [1.165, 1.54) is 0 Å². The van der Waals surface area contributed by atoms with Crippen LogP contribution >= 0.6 is 0 Å². The Morgan fingerprint density at radius 2 is 1.96 bits per heavy atom. The number of carbonyl (C=O) groups is 2. The molecule has 0 saturated carbocycles. The first-order valence-corrected chi connectivity index (χ1v) is 9.36. The summed E-state index contributed by atoms with van der Waals surface area (Å²) in [5.41, 5.74) is 3.19. The Morgan fingerprint density at radius 1 is 1.20 bits per heavy atom. The van der Waals surface area contributed by atoms with E-state index in [0.29, 0.717) is 19.5 Å². The van der Waals surface area contributed by atoms with E-state index >= 15 is 0 Å². The molecule has 7 nitrogen and oxygen atoms in total. The highest BCUT2D eigenvalue weighted by Crippen LogP contribution is 2.17. The summed E-state index contributed by atoms with van der Waals surface area (Å²) in [7, 11) is 0. The molecule has 3 rings (SSSR count). The number of hydrogen-bond donors (Lipinski definition) is 2. The van der Waals surface area contributed by atoms with Crippen LogP contribution in [0, 0.1) is 13.8 Å². The molecule has 2 aliphatic heterocycles. The van der Waals surface area contributed by atoms with Crippen LogP contribution in [0.5, 0.6) is 0 Å². The predicted octanol–water partition coefficient (Wildman–Crippen LogP) is 0.772. The van der Waals surface area contributed by atoms with E-state index < -0.39 is 0 Å². The van der Waals surface area contributed by atoms with Gasteiger partial charge in [-0.3, -0.25) is 19.6 Å². The van der Waals surface area contributed by atoms with E-state index in [0.717, 1.165) is 62.3 Å². The summed E-state index contributed by atoms with van der Waals surface area (Å²) in [6.07, 6.45) is 4.34. The number of carbonyl (C=O) groups excluding carboxylic acids is 2. The summed E-state index contributed by atoms with van der Waals surface area (Å²) < 4.78 is 0. The second-order valence-corrected chi connectivity index (χ2v) is 7.13. The summed E-state index contributed by atoms with van der Waals surface area (Å²) in [5, 5.41) is 10.2. The third-order valence-corrected chi connectivity index (χ3v) is 5.48. The highest BCUT2D eigenvalue weighted by atomic mass is 16.2. The molecule has 3 heterocycles. The van der Waals surface area contributed by atoms with E-state index in [-0.39, 0.29) is 17.9 Å². The van der Waals surface area contributed by atoms with Crippen molar-refractivity contribution in [2.75, 3.05) is 32.7 Å². The molecule has 0 aliphatic carbocycles. The Labute approximate surface area is 149 Å². The number of rotatable bonds is 4. The third-order valence-electron chi connectivity index (χ3n) is 5.48. The van der Waals surface area contributed by atoms with Gasteiger partial charge >= 0.3 is 0 Å². The van der Waals surface area contributed by atoms with E-state index in [4.69, 9.17) is 0 Å². The van der Waals surface area contributed by atoms with Crippen molar-refractivity contribution in [3.05, 3.63) is 17.0 Å². The van der Waals surface area contributed by atoms with Crippen LogP contribution in [-0.4, -0.2) is 70.6 Å². The molecular formula is C18H29N5O2. The van der Waals surface area contributed by atoms with E-state index in [1.54, 1.807) is 0 Å². The lowest BCUT2D eigenvalue weighted by Crippen LogP contribution is -2.55. The Balaban J connectivity index is 1.48. The second-order valence-electron chi connectivity index (χ2n) is 7.13. The first-order valence-electron chi connectivity index (χ1n) is 9.36. The number of amides is 2. The first-order chi connectivity index (χ1) is 12.1. The maximum absolute atomic E-state index is 12.5. The fourth-order valence-electron chi connectivity index (χ4n) is 3.89. The maximum Gasteiger partial charge on any atom is 0.237 e. The van der Waals surface area contributed by atoms with E-state index in [9.17, 15) is 9.59 Å². The van der Waals surface area contributed by atoms with Gasteiger partial charge in [0.15, 0.2) is 0 Å². The van der Waals surface area contributed by atoms with Crippen LogP contribution in [0.2, 0.25) is 0 Å². The Morgan fingerprint density at radius 3 is 2.64 bits per heavy atom. The number of piperazine rings is 1. The lowest BCUT2D eigenvalue weighted by molar-refractivity contribution is -0.134. The van der Waals surface area contributed by atoms with Gasteiger partial charge < -0.3 is 10.2 Å². The molecule has 2 N–H and O–H groups in total. The van der Waals surface area contributed by atoms with Gasteiger partial charge in [-0.1, -0.05) is 0 Å². The number of hydrogen-bond acceptors (Lipinski definition) is 4. The molecule has 1 aromatic heterocycles. The second kappa shape index (κ2) is 7.99. The molecule has 138 valence electrons. The smallest absolute Gasteiger partial charge is 0.237 e. The number of nitrogens with zero attached hydrogens (tertiary/aromatic N) is 3. The normalized spacial score (nSPS) is 22.6. The fourth-order valence-corrected chi connectivity index (χ4v) is 3.89. The third kappa shape index (κ3) is 4.21. The highest BCUT2D eigenvalue weighted by Gasteiger charge is 2.30. The van der Waals surface area contributed by atoms with Crippen LogP contribution in [-0.2, 0) is 16.0 Å². The zero-order valence-corrected chi connectivity index (χ0v) is 15.3. The molecule has 0 spiro atoms. The Bertz CT molecular complexity index is 599. The lowest BCUT2D eigenvalue weighted by Gasteiger charge is -2.38.